The molecule has 0 aliphatic carbocycles. The first-order valence-electron chi connectivity index (χ1n) is 5.60. The van der Waals surface area contributed by atoms with E-state index in [1.807, 2.05) is 35.0 Å². The average molecular weight is 282 g/mol. The summed E-state index contributed by atoms with van der Waals surface area (Å²) in [6, 6.07) is 7.39. The van der Waals surface area contributed by atoms with Crippen LogP contribution in [-0.4, -0.2) is 29.2 Å². The smallest absolute Gasteiger partial charge is 0.154 e. The SMILES string of the molecule is O=C(C(CO)c1cccs1)C(CO)c1cccs1. The van der Waals surface area contributed by atoms with E-state index in [1.165, 1.54) is 22.7 Å². The van der Waals surface area contributed by atoms with Crippen LogP contribution in [0.1, 0.15) is 21.6 Å². The summed E-state index contributed by atoms with van der Waals surface area (Å²) in [7, 11) is 0. The van der Waals surface area contributed by atoms with Crippen LogP contribution in [0, 0.1) is 0 Å². The Morgan fingerprint density at radius 1 is 1.00 bits per heavy atom. The molecule has 0 spiro atoms. The summed E-state index contributed by atoms with van der Waals surface area (Å²) in [5, 5.41) is 22.6. The Morgan fingerprint density at radius 3 is 1.72 bits per heavy atom. The fraction of sp³-hybridized carbons (Fsp3) is 0.308. The number of aliphatic hydroxyl groups excluding tert-OH is 2. The molecule has 2 aromatic rings. The Bertz CT molecular complexity index is 432. The molecule has 2 atom stereocenters. The lowest BCUT2D eigenvalue weighted by molar-refractivity contribution is -0.123. The molecular formula is C13H14O3S2. The van der Waals surface area contributed by atoms with Gasteiger partial charge in [-0.1, -0.05) is 12.1 Å². The molecule has 0 saturated carbocycles. The van der Waals surface area contributed by atoms with Gasteiger partial charge in [0.15, 0.2) is 5.78 Å². The summed E-state index contributed by atoms with van der Waals surface area (Å²) in [4.78, 5) is 14.1. The molecule has 2 unspecified atom stereocenters. The van der Waals surface area contributed by atoms with Crippen molar-refractivity contribution in [3.05, 3.63) is 44.8 Å². The predicted molar refractivity (Wildman–Crippen MR) is 73.3 cm³/mol. The van der Waals surface area contributed by atoms with Crippen LogP contribution in [0.3, 0.4) is 0 Å². The van der Waals surface area contributed by atoms with Gasteiger partial charge in [-0.3, -0.25) is 4.79 Å². The molecule has 0 fully saturated rings. The first-order valence-corrected chi connectivity index (χ1v) is 7.36. The van der Waals surface area contributed by atoms with E-state index in [2.05, 4.69) is 0 Å². The van der Waals surface area contributed by atoms with Crippen LogP contribution in [0.15, 0.2) is 35.0 Å². The van der Waals surface area contributed by atoms with E-state index in [9.17, 15) is 15.0 Å². The van der Waals surface area contributed by atoms with Gasteiger partial charge in [0.25, 0.3) is 0 Å². The Labute approximate surface area is 113 Å². The number of rotatable bonds is 6. The van der Waals surface area contributed by atoms with Gasteiger partial charge in [0.1, 0.15) is 0 Å². The zero-order valence-electron chi connectivity index (χ0n) is 9.65. The summed E-state index contributed by atoms with van der Waals surface area (Å²) in [5.41, 5.74) is 0. The van der Waals surface area contributed by atoms with Crippen LogP contribution >= 0.6 is 22.7 Å². The van der Waals surface area contributed by atoms with Gasteiger partial charge in [-0.05, 0) is 22.9 Å². The number of hydrogen-bond acceptors (Lipinski definition) is 5. The molecule has 0 aliphatic heterocycles. The maximum absolute atomic E-state index is 12.4. The second kappa shape index (κ2) is 6.24. The highest BCUT2D eigenvalue weighted by Crippen LogP contribution is 2.30. The maximum atomic E-state index is 12.4. The molecule has 0 amide bonds. The van der Waals surface area contributed by atoms with Crippen LogP contribution < -0.4 is 0 Å². The fourth-order valence-corrected chi connectivity index (χ4v) is 3.51. The third-order valence-corrected chi connectivity index (χ3v) is 4.80. The van der Waals surface area contributed by atoms with Crippen LogP contribution in [0.2, 0.25) is 0 Å². The number of hydrogen-bond donors (Lipinski definition) is 2. The van der Waals surface area contributed by atoms with E-state index in [0.29, 0.717) is 0 Å². The number of Topliss-reactive ketones (excluding diaryl/α,β-unsaturated/α-hetero) is 1. The van der Waals surface area contributed by atoms with Crippen LogP contribution in [-0.2, 0) is 4.79 Å². The maximum Gasteiger partial charge on any atom is 0.154 e. The number of ketones is 1. The minimum Gasteiger partial charge on any atom is -0.395 e. The van der Waals surface area contributed by atoms with E-state index < -0.39 is 11.8 Å². The zero-order chi connectivity index (χ0) is 13.0. The molecule has 18 heavy (non-hydrogen) atoms. The third-order valence-electron chi connectivity index (χ3n) is 2.83. The Hall–Kier alpha value is -1.01. The van der Waals surface area contributed by atoms with E-state index in [1.54, 1.807) is 0 Å². The molecule has 2 heterocycles. The summed E-state index contributed by atoms with van der Waals surface area (Å²) in [6.07, 6.45) is 0. The fourth-order valence-electron chi connectivity index (χ4n) is 1.86. The molecule has 2 rings (SSSR count). The molecule has 0 aliphatic rings. The molecule has 0 aromatic carbocycles. The van der Waals surface area contributed by atoms with E-state index >= 15 is 0 Å². The van der Waals surface area contributed by atoms with Crippen molar-refractivity contribution in [1.82, 2.24) is 0 Å². The third kappa shape index (κ3) is 2.70. The molecule has 2 N–H and O–H groups in total. The van der Waals surface area contributed by atoms with E-state index in [0.717, 1.165) is 9.75 Å². The summed E-state index contributed by atoms with van der Waals surface area (Å²) in [5.74, 6) is -1.20. The van der Waals surface area contributed by atoms with Gasteiger partial charge in [-0.25, -0.2) is 0 Å². The normalized spacial score (nSPS) is 14.3. The quantitative estimate of drug-likeness (QED) is 0.854. The highest BCUT2D eigenvalue weighted by molar-refractivity contribution is 7.10. The Morgan fingerprint density at radius 2 is 1.44 bits per heavy atom. The topological polar surface area (TPSA) is 57.5 Å². The first kappa shape index (κ1) is 13.4. The minimum absolute atomic E-state index is 0.120. The largest absolute Gasteiger partial charge is 0.395 e. The van der Waals surface area contributed by atoms with Crippen LogP contribution in [0.4, 0.5) is 0 Å². The molecule has 0 saturated heterocycles. The predicted octanol–water partition coefficient (Wildman–Crippen LogP) is 2.23. The summed E-state index contributed by atoms with van der Waals surface area (Å²) < 4.78 is 0. The lowest BCUT2D eigenvalue weighted by atomic mass is 9.91. The van der Waals surface area contributed by atoms with Crippen molar-refractivity contribution in [3.63, 3.8) is 0 Å². The van der Waals surface area contributed by atoms with Crippen molar-refractivity contribution in [2.75, 3.05) is 13.2 Å². The second-order valence-electron chi connectivity index (χ2n) is 3.90. The van der Waals surface area contributed by atoms with Crippen molar-refractivity contribution in [1.29, 1.82) is 0 Å². The number of thiophene rings is 2. The van der Waals surface area contributed by atoms with Crippen molar-refractivity contribution in [2.45, 2.75) is 11.8 Å². The van der Waals surface area contributed by atoms with Crippen molar-refractivity contribution in [2.24, 2.45) is 0 Å². The monoisotopic (exact) mass is 282 g/mol. The Kier molecular flexibility index (Phi) is 4.66. The minimum atomic E-state index is -0.538. The molecule has 3 nitrogen and oxygen atoms in total. The van der Waals surface area contributed by atoms with Gasteiger partial charge in [0.2, 0.25) is 0 Å². The van der Waals surface area contributed by atoms with Crippen molar-refractivity contribution >= 4 is 28.5 Å². The first-order chi connectivity index (χ1) is 8.77. The van der Waals surface area contributed by atoms with Gasteiger partial charge >= 0.3 is 0 Å². The average Bonchev–Trinajstić information content (AvgIpc) is 3.03. The number of aliphatic hydroxyl groups is 2. The molecule has 0 radical (unpaired) electrons. The van der Waals surface area contributed by atoms with Crippen LogP contribution in [0.5, 0.6) is 0 Å². The summed E-state index contributed by atoms with van der Waals surface area (Å²) >= 11 is 2.90. The van der Waals surface area contributed by atoms with Gasteiger partial charge < -0.3 is 10.2 Å². The van der Waals surface area contributed by atoms with Crippen LogP contribution in [0.25, 0.3) is 0 Å². The molecule has 0 bridgehead atoms. The molecule has 2 aromatic heterocycles. The Balaban J connectivity index is 2.23. The van der Waals surface area contributed by atoms with Gasteiger partial charge in [-0.15, -0.1) is 22.7 Å². The molecule has 5 heteroatoms. The van der Waals surface area contributed by atoms with E-state index in [4.69, 9.17) is 0 Å². The van der Waals surface area contributed by atoms with Crippen molar-refractivity contribution in [3.8, 4) is 0 Å². The summed E-state index contributed by atoms with van der Waals surface area (Å²) in [6.45, 7) is -0.442. The zero-order valence-corrected chi connectivity index (χ0v) is 11.3. The lowest BCUT2D eigenvalue weighted by Gasteiger charge is -2.17. The highest BCUT2D eigenvalue weighted by atomic mass is 32.1. The van der Waals surface area contributed by atoms with Crippen molar-refractivity contribution < 1.29 is 15.0 Å². The highest BCUT2D eigenvalue weighted by Gasteiger charge is 2.29. The second-order valence-corrected chi connectivity index (χ2v) is 5.86. The van der Waals surface area contributed by atoms with Gasteiger partial charge in [0.05, 0.1) is 25.0 Å². The molecular weight excluding hydrogens is 268 g/mol. The number of carbonyl (C=O) groups excluding carboxylic acids is 1. The number of carbonyl (C=O) groups is 1. The van der Waals surface area contributed by atoms with Gasteiger partial charge in [0, 0.05) is 9.75 Å². The lowest BCUT2D eigenvalue weighted by Crippen LogP contribution is -2.24. The molecule has 96 valence electrons. The van der Waals surface area contributed by atoms with Gasteiger partial charge in [-0.2, -0.15) is 0 Å². The van der Waals surface area contributed by atoms with E-state index in [-0.39, 0.29) is 19.0 Å². The standard InChI is InChI=1S/C13H14O3S2/c14-7-9(11-3-1-5-17-11)13(16)10(8-15)12-4-2-6-18-12/h1-6,9-10,14-15H,7-8H2.